The Morgan fingerprint density at radius 2 is 1.92 bits per heavy atom. The van der Waals surface area contributed by atoms with Crippen LogP contribution in [0.2, 0.25) is 0 Å². The number of carbonyl (C=O) groups is 2. The molecule has 2 amide bonds. The number of nitrogens with one attached hydrogen (secondary N) is 2. The summed E-state index contributed by atoms with van der Waals surface area (Å²) in [6.07, 6.45) is 1.40. The molecule has 0 aliphatic heterocycles. The molecule has 8 heteroatoms. The van der Waals surface area contributed by atoms with Crippen LogP contribution in [0.4, 0.5) is 17.2 Å². The number of nitrogens with zero attached hydrogens (tertiary/aromatic N) is 4. The summed E-state index contributed by atoms with van der Waals surface area (Å²) in [7, 11) is 0. The summed E-state index contributed by atoms with van der Waals surface area (Å²) in [5, 5.41) is 13.4. The third-order valence-electron chi connectivity index (χ3n) is 3.74. The first-order chi connectivity index (χ1) is 11.9. The summed E-state index contributed by atoms with van der Waals surface area (Å²) in [4.78, 5) is 26.6. The Bertz CT molecular complexity index is 751. The lowest BCUT2D eigenvalue weighted by Crippen LogP contribution is -2.23. The molecule has 1 aromatic heterocycles. The van der Waals surface area contributed by atoms with Gasteiger partial charge in [0.25, 0.3) is 0 Å². The molecule has 1 aromatic carbocycles. The van der Waals surface area contributed by atoms with Gasteiger partial charge < -0.3 is 15.5 Å². The summed E-state index contributed by atoms with van der Waals surface area (Å²) < 4.78 is 0. The molecule has 0 radical (unpaired) electrons. The van der Waals surface area contributed by atoms with Gasteiger partial charge in [0.1, 0.15) is 6.54 Å². The molecule has 25 heavy (non-hydrogen) atoms. The Labute approximate surface area is 147 Å². The zero-order chi connectivity index (χ0) is 18.4. The van der Waals surface area contributed by atoms with E-state index in [1.807, 2.05) is 19.1 Å². The largest absolute Gasteiger partial charge is 0.372 e. The van der Waals surface area contributed by atoms with Gasteiger partial charge in [-0.1, -0.05) is 0 Å². The summed E-state index contributed by atoms with van der Waals surface area (Å²) >= 11 is 0. The van der Waals surface area contributed by atoms with Crippen molar-refractivity contribution in [2.45, 2.75) is 34.2 Å². The Morgan fingerprint density at radius 3 is 2.52 bits per heavy atom. The molecule has 0 fully saturated rings. The molecule has 2 rings (SSSR count). The van der Waals surface area contributed by atoms with E-state index in [-0.39, 0.29) is 18.4 Å². The molecule has 0 saturated heterocycles. The van der Waals surface area contributed by atoms with E-state index in [4.69, 9.17) is 0 Å². The van der Waals surface area contributed by atoms with Crippen LogP contribution in [0.5, 0.6) is 0 Å². The second-order valence-corrected chi connectivity index (χ2v) is 5.66. The maximum Gasteiger partial charge on any atom is 0.247 e. The molecule has 1 heterocycles. The zero-order valence-electron chi connectivity index (χ0n) is 15.0. The maximum absolute atomic E-state index is 12.2. The Morgan fingerprint density at radius 1 is 1.20 bits per heavy atom. The minimum absolute atomic E-state index is 0.0309. The number of benzene rings is 1. The molecule has 0 unspecified atom stereocenters. The molecule has 0 spiro atoms. The first-order valence-corrected chi connectivity index (χ1v) is 8.26. The lowest BCUT2D eigenvalue weighted by molar-refractivity contribution is -0.117. The van der Waals surface area contributed by atoms with Crippen LogP contribution in [0.15, 0.2) is 24.4 Å². The Balaban J connectivity index is 2.00. The molecular weight excluding hydrogens is 320 g/mol. The SMILES string of the molecule is CCN(CC)c1ccc(NC(=O)Cn2ncc(NC(C)=O)n2)c(C)c1. The average Bonchev–Trinajstić information content (AvgIpc) is 2.97. The number of amides is 2. The Kier molecular flexibility index (Phi) is 6.10. The van der Waals surface area contributed by atoms with Crippen molar-refractivity contribution in [3.05, 3.63) is 30.0 Å². The van der Waals surface area contributed by atoms with Crippen molar-refractivity contribution in [2.75, 3.05) is 28.6 Å². The van der Waals surface area contributed by atoms with Gasteiger partial charge in [-0.2, -0.15) is 9.90 Å². The van der Waals surface area contributed by atoms with Crippen LogP contribution in [-0.4, -0.2) is 39.9 Å². The fourth-order valence-corrected chi connectivity index (χ4v) is 2.50. The van der Waals surface area contributed by atoms with E-state index in [0.717, 1.165) is 30.0 Å². The van der Waals surface area contributed by atoms with Crippen LogP contribution in [-0.2, 0) is 16.1 Å². The van der Waals surface area contributed by atoms with E-state index in [9.17, 15) is 9.59 Å². The minimum Gasteiger partial charge on any atom is -0.372 e. The monoisotopic (exact) mass is 344 g/mol. The van der Waals surface area contributed by atoms with Crippen molar-refractivity contribution in [3.8, 4) is 0 Å². The first-order valence-electron chi connectivity index (χ1n) is 8.26. The van der Waals surface area contributed by atoms with Crippen molar-refractivity contribution in [1.82, 2.24) is 15.0 Å². The fraction of sp³-hybridized carbons (Fsp3) is 0.412. The third kappa shape index (κ3) is 5.03. The predicted molar refractivity (Wildman–Crippen MR) is 97.7 cm³/mol. The molecule has 2 aromatic rings. The van der Waals surface area contributed by atoms with E-state index in [1.165, 1.54) is 17.9 Å². The van der Waals surface area contributed by atoms with E-state index in [2.05, 4.69) is 45.6 Å². The highest BCUT2D eigenvalue weighted by Crippen LogP contribution is 2.22. The third-order valence-corrected chi connectivity index (χ3v) is 3.74. The number of aryl methyl sites for hydroxylation is 1. The van der Waals surface area contributed by atoms with Gasteiger partial charge in [0.05, 0.1) is 6.20 Å². The van der Waals surface area contributed by atoms with Crippen molar-refractivity contribution in [3.63, 3.8) is 0 Å². The normalized spacial score (nSPS) is 10.4. The van der Waals surface area contributed by atoms with Crippen LogP contribution >= 0.6 is 0 Å². The van der Waals surface area contributed by atoms with E-state index in [0.29, 0.717) is 5.82 Å². The molecule has 0 bridgehead atoms. The van der Waals surface area contributed by atoms with Crippen molar-refractivity contribution in [2.24, 2.45) is 0 Å². The lowest BCUT2D eigenvalue weighted by Gasteiger charge is -2.22. The number of hydrogen-bond donors (Lipinski definition) is 2. The summed E-state index contributed by atoms with van der Waals surface area (Å²) in [6.45, 7) is 9.41. The van der Waals surface area contributed by atoms with Crippen molar-refractivity contribution >= 4 is 29.0 Å². The molecule has 0 saturated carbocycles. The number of aromatic nitrogens is 3. The highest BCUT2D eigenvalue weighted by Gasteiger charge is 2.10. The van der Waals surface area contributed by atoms with Gasteiger partial charge in [-0.05, 0) is 44.5 Å². The predicted octanol–water partition coefficient (Wildman–Crippen LogP) is 2.03. The molecule has 0 aliphatic carbocycles. The first kappa shape index (κ1) is 18.4. The second-order valence-electron chi connectivity index (χ2n) is 5.66. The van der Waals surface area contributed by atoms with Crippen LogP contribution in [0.1, 0.15) is 26.3 Å². The number of carbonyl (C=O) groups excluding carboxylic acids is 2. The summed E-state index contributed by atoms with van der Waals surface area (Å²) in [5.74, 6) is -0.149. The second kappa shape index (κ2) is 8.27. The molecule has 2 N–H and O–H groups in total. The summed E-state index contributed by atoms with van der Waals surface area (Å²) in [6, 6.07) is 5.96. The highest BCUT2D eigenvalue weighted by atomic mass is 16.2. The van der Waals surface area contributed by atoms with Crippen LogP contribution < -0.4 is 15.5 Å². The summed E-state index contributed by atoms with van der Waals surface area (Å²) in [5.41, 5.74) is 2.88. The maximum atomic E-state index is 12.2. The fourth-order valence-electron chi connectivity index (χ4n) is 2.50. The van der Waals surface area contributed by atoms with Gasteiger partial charge in [0.15, 0.2) is 5.82 Å². The topological polar surface area (TPSA) is 92.2 Å². The van der Waals surface area contributed by atoms with Crippen molar-refractivity contribution in [1.29, 1.82) is 0 Å². The quantitative estimate of drug-likeness (QED) is 0.802. The van der Waals surface area contributed by atoms with Crippen molar-refractivity contribution < 1.29 is 9.59 Å². The smallest absolute Gasteiger partial charge is 0.247 e. The van der Waals surface area contributed by atoms with Gasteiger partial charge in [-0.3, -0.25) is 9.59 Å². The number of anilines is 3. The number of hydrogen-bond acceptors (Lipinski definition) is 5. The molecule has 0 aliphatic rings. The van der Waals surface area contributed by atoms with Gasteiger partial charge >= 0.3 is 0 Å². The van der Waals surface area contributed by atoms with Gasteiger partial charge in [0, 0.05) is 31.4 Å². The van der Waals surface area contributed by atoms with E-state index >= 15 is 0 Å². The molecule has 0 atom stereocenters. The molecule has 134 valence electrons. The Hall–Kier alpha value is -2.90. The standard InChI is InChI=1S/C17H24N6O2/c1-5-22(6-2)14-7-8-15(12(3)9-14)20-17(25)11-23-18-10-16(21-23)19-13(4)24/h7-10H,5-6,11H2,1-4H3,(H,20,25)(H,19,21,24). The van der Waals surface area contributed by atoms with E-state index < -0.39 is 0 Å². The van der Waals surface area contributed by atoms with Gasteiger partial charge in [0.2, 0.25) is 11.8 Å². The lowest BCUT2D eigenvalue weighted by atomic mass is 10.1. The highest BCUT2D eigenvalue weighted by molar-refractivity contribution is 5.91. The minimum atomic E-state index is -0.236. The van der Waals surface area contributed by atoms with Crippen LogP contribution in [0, 0.1) is 6.92 Å². The number of rotatable bonds is 7. The van der Waals surface area contributed by atoms with Crippen LogP contribution in [0.3, 0.4) is 0 Å². The van der Waals surface area contributed by atoms with Gasteiger partial charge in [-0.15, -0.1) is 5.10 Å². The van der Waals surface area contributed by atoms with Gasteiger partial charge in [-0.25, -0.2) is 0 Å². The zero-order valence-corrected chi connectivity index (χ0v) is 15.0. The molecule has 8 nitrogen and oxygen atoms in total. The molecular formula is C17H24N6O2. The van der Waals surface area contributed by atoms with Crippen LogP contribution in [0.25, 0.3) is 0 Å². The van der Waals surface area contributed by atoms with E-state index in [1.54, 1.807) is 0 Å². The average molecular weight is 344 g/mol.